The highest BCUT2D eigenvalue weighted by molar-refractivity contribution is 6.43. The van der Waals surface area contributed by atoms with Crippen molar-refractivity contribution in [3.63, 3.8) is 0 Å². The van der Waals surface area contributed by atoms with Gasteiger partial charge in [-0.1, -0.05) is 38.6 Å². The Labute approximate surface area is 155 Å². The minimum atomic E-state index is -0.104. The molecule has 4 rings (SSSR count). The normalized spacial score (nSPS) is 46.4. The topological polar surface area (TPSA) is 40.9 Å². The molecule has 0 saturated heterocycles. The molecule has 2 nitrogen and oxygen atoms in total. The zero-order valence-corrected chi connectivity index (χ0v) is 16.0. The largest absolute Gasteiger partial charge is 0.293 e. The van der Waals surface area contributed by atoms with E-state index in [-0.39, 0.29) is 22.5 Å². The van der Waals surface area contributed by atoms with Gasteiger partial charge in [-0.25, -0.2) is 0 Å². The number of carbonyl (C=O) groups is 1. The number of nitrogens with zero attached hydrogens (tertiary/aromatic N) is 1. The SMILES string of the molecule is C=C1C(=C)[C@H]2[C@@H]3CCC4=C(Cl)C(=O)CC[C@]4(C)[C@@H]3CC[C@]2(C)C1C#N. The molecule has 132 valence electrons. The van der Waals surface area contributed by atoms with Crippen LogP contribution in [0.2, 0.25) is 0 Å². The molecule has 0 aliphatic heterocycles. The Morgan fingerprint density at radius 1 is 1.16 bits per heavy atom. The molecule has 0 heterocycles. The van der Waals surface area contributed by atoms with Crippen molar-refractivity contribution in [1.82, 2.24) is 0 Å². The van der Waals surface area contributed by atoms with E-state index < -0.39 is 0 Å². The number of nitriles is 1. The summed E-state index contributed by atoms with van der Waals surface area (Å²) in [7, 11) is 0. The molecule has 6 atom stereocenters. The molecule has 4 aliphatic rings. The molecule has 3 fully saturated rings. The summed E-state index contributed by atoms with van der Waals surface area (Å²) in [5.41, 5.74) is 3.27. The average Bonchev–Trinajstić information content (AvgIpc) is 2.77. The Morgan fingerprint density at radius 3 is 2.56 bits per heavy atom. The Morgan fingerprint density at radius 2 is 1.88 bits per heavy atom. The predicted octanol–water partition coefficient (Wildman–Crippen LogP) is 5.56. The fourth-order valence-electron chi connectivity index (χ4n) is 6.87. The van der Waals surface area contributed by atoms with Crippen LogP contribution in [0.1, 0.15) is 52.4 Å². The Hall–Kier alpha value is -1.33. The van der Waals surface area contributed by atoms with Crippen molar-refractivity contribution < 1.29 is 4.79 Å². The van der Waals surface area contributed by atoms with Crippen molar-refractivity contribution >= 4 is 17.4 Å². The van der Waals surface area contributed by atoms with E-state index >= 15 is 0 Å². The number of ketones is 1. The molecule has 0 aromatic rings. The van der Waals surface area contributed by atoms with Crippen LogP contribution in [0.3, 0.4) is 0 Å². The van der Waals surface area contributed by atoms with Gasteiger partial charge >= 0.3 is 0 Å². The molecule has 0 amide bonds. The highest BCUT2D eigenvalue weighted by Gasteiger charge is 2.61. The summed E-state index contributed by atoms with van der Waals surface area (Å²) in [6, 6.07) is 2.52. The fraction of sp³-hybridized carbons (Fsp3) is 0.636. The lowest BCUT2D eigenvalue weighted by molar-refractivity contribution is -0.117. The van der Waals surface area contributed by atoms with Gasteiger partial charge in [0.25, 0.3) is 0 Å². The van der Waals surface area contributed by atoms with Gasteiger partial charge in [0.15, 0.2) is 5.78 Å². The smallest absolute Gasteiger partial charge is 0.174 e. The second-order valence-corrected chi connectivity index (χ2v) is 9.45. The summed E-state index contributed by atoms with van der Waals surface area (Å²) in [5.74, 6) is 1.41. The van der Waals surface area contributed by atoms with Crippen molar-refractivity contribution in [3.05, 3.63) is 34.9 Å². The third kappa shape index (κ3) is 2.00. The average molecular weight is 356 g/mol. The first-order chi connectivity index (χ1) is 11.8. The van der Waals surface area contributed by atoms with Crippen LogP contribution in [0.15, 0.2) is 34.9 Å². The minimum absolute atomic E-state index is 0.0293. The Kier molecular flexibility index (Phi) is 3.65. The molecular formula is C22H26ClNO. The summed E-state index contributed by atoms with van der Waals surface area (Å²) in [4.78, 5) is 12.1. The number of Topliss-reactive ketones (excluding diaryl/α,β-unsaturated/α-hetero) is 1. The van der Waals surface area contributed by atoms with Crippen LogP contribution < -0.4 is 0 Å². The van der Waals surface area contributed by atoms with Crippen LogP contribution in [0, 0.1) is 45.8 Å². The van der Waals surface area contributed by atoms with Crippen molar-refractivity contribution in [2.45, 2.75) is 52.4 Å². The van der Waals surface area contributed by atoms with Gasteiger partial charge in [-0.2, -0.15) is 5.26 Å². The van der Waals surface area contributed by atoms with Crippen LogP contribution >= 0.6 is 11.6 Å². The monoisotopic (exact) mass is 355 g/mol. The zero-order valence-electron chi connectivity index (χ0n) is 15.2. The van der Waals surface area contributed by atoms with Gasteiger partial charge in [0.2, 0.25) is 0 Å². The molecule has 3 saturated carbocycles. The highest BCUT2D eigenvalue weighted by Crippen LogP contribution is 2.68. The predicted molar refractivity (Wildman–Crippen MR) is 99.7 cm³/mol. The van der Waals surface area contributed by atoms with E-state index in [1.165, 1.54) is 5.57 Å². The van der Waals surface area contributed by atoms with Gasteiger partial charge in [0, 0.05) is 6.42 Å². The standard InChI is InChI=1S/C22H26ClNO/c1-12-13(2)19-14-5-6-16-20(23)18(25)8-10-21(16,3)15(14)7-9-22(19,4)17(12)11-24/h14-15,17,19H,1-2,5-10H2,3-4H3/t14-,15-,17?,19+,21-,22-/m1/s1. The summed E-state index contributed by atoms with van der Waals surface area (Å²) in [5, 5.41) is 10.3. The number of halogens is 1. The maximum atomic E-state index is 12.1. The van der Waals surface area contributed by atoms with E-state index in [0.717, 1.165) is 43.3 Å². The van der Waals surface area contributed by atoms with Crippen molar-refractivity contribution in [2.75, 3.05) is 0 Å². The number of hydrogen-bond acceptors (Lipinski definition) is 2. The second kappa shape index (κ2) is 5.34. The first-order valence-corrected chi connectivity index (χ1v) is 9.83. The molecule has 0 radical (unpaired) electrons. The summed E-state index contributed by atoms with van der Waals surface area (Å²) < 4.78 is 0. The Bertz CT molecular complexity index is 771. The van der Waals surface area contributed by atoms with E-state index in [9.17, 15) is 10.1 Å². The van der Waals surface area contributed by atoms with E-state index in [4.69, 9.17) is 11.6 Å². The van der Waals surface area contributed by atoms with Crippen LogP contribution in [-0.4, -0.2) is 5.78 Å². The van der Waals surface area contributed by atoms with Gasteiger partial charge in [0.1, 0.15) is 0 Å². The van der Waals surface area contributed by atoms with Crippen LogP contribution in [-0.2, 0) is 4.79 Å². The van der Waals surface area contributed by atoms with Gasteiger partial charge in [-0.15, -0.1) is 0 Å². The molecule has 0 aromatic heterocycles. The second-order valence-electron chi connectivity index (χ2n) is 9.08. The van der Waals surface area contributed by atoms with E-state index in [1.54, 1.807) is 0 Å². The van der Waals surface area contributed by atoms with Crippen LogP contribution in [0.4, 0.5) is 0 Å². The number of rotatable bonds is 0. The maximum Gasteiger partial charge on any atom is 0.174 e. The van der Waals surface area contributed by atoms with Gasteiger partial charge in [-0.3, -0.25) is 4.79 Å². The third-order valence-corrected chi connectivity index (χ3v) is 8.63. The Balaban J connectivity index is 1.78. The van der Waals surface area contributed by atoms with Gasteiger partial charge in [-0.05, 0) is 77.4 Å². The first kappa shape index (κ1) is 17.1. The van der Waals surface area contributed by atoms with Crippen molar-refractivity contribution in [3.8, 4) is 6.07 Å². The number of fused-ring (bicyclic) bond motifs is 5. The molecular weight excluding hydrogens is 330 g/mol. The molecule has 0 spiro atoms. The van der Waals surface area contributed by atoms with Gasteiger partial charge in [0.05, 0.1) is 17.0 Å². The zero-order chi connectivity index (χ0) is 18.1. The minimum Gasteiger partial charge on any atom is -0.293 e. The molecule has 0 aromatic carbocycles. The lowest BCUT2D eigenvalue weighted by Gasteiger charge is -2.57. The quantitative estimate of drug-likeness (QED) is 0.571. The van der Waals surface area contributed by atoms with E-state index in [2.05, 4.69) is 33.1 Å². The lowest BCUT2D eigenvalue weighted by atomic mass is 9.46. The molecule has 0 N–H and O–H groups in total. The van der Waals surface area contributed by atoms with Crippen molar-refractivity contribution in [2.24, 2.45) is 34.5 Å². The summed E-state index contributed by atoms with van der Waals surface area (Å²) >= 11 is 6.45. The molecule has 0 bridgehead atoms. The number of carbonyl (C=O) groups excluding carboxylic acids is 1. The van der Waals surface area contributed by atoms with E-state index in [0.29, 0.717) is 29.2 Å². The molecule has 3 heteroatoms. The summed E-state index contributed by atoms with van der Waals surface area (Å²) in [6.07, 6.45) is 5.57. The van der Waals surface area contributed by atoms with Crippen molar-refractivity contribution in [1.29, 1.82) is 5.26 Å². The van der Waals surface area contributed by atoms with Gasteiger partial charge < -0.3 is 0 Å². The summed E-state index contributed by atoms with van der Waals surface area (Å²) in [6.45, 7) is 13.2. The van der Waals surface area contributed by atoms with E-state index in [1.807, 2.05) is 0 Å². The highest BCUT2D eigenvalue weighted by atomic mass is 35.5. The third-order valence-electron chi connectivity index (χ3n) is 8.19. The molecule has 25 heavy (non-hydrogen) atoms. The maximum absolute atomic E-state index is 12.1. The molecule has 4 aliphatic carbocycles. The molecule has 1 unspecified atom stereocenters. The lowest BCUT2D eigenvalue weighted by Crippen LogP contribution is -2.51. The first-order valence-electron chi connectivity index (χ1n) is 9.45. The van der Waals surface area contributed by atoms with Crippen LogP contribution in [0.5, 0.6) is 0 Å². The van der Waals surface area contributed by atoms with Crippen LogP contribution in [0.25, 0.3) is 0 Å². The number of allylic oxidation sites excluding steroid dienone is 3. The fourth-order valence-corrected chi connectivity index (χ4v) is 7.28. The number of hydrogen-bond donors (Lipinski definition) is 0.